The van der Waals surface area contributed by atoms with Crippen molar-refractivity contribution < 1.29 is 63.9 Å². The van der Waals surface area contributed by atoms with Crippen LogP contribution in [0, 0.1) is 6.92 Å². The first-order chi connectivity index (χ1) is 48.2. The standard InChI is InChI=1S/C30H31N2O2.C30H29NO2.C25H19F3O5S/c1-30(2)26-18-20(31-14-6-15-31)10-12-24(26)28(22-8-4-5-9-23(22)29(33)34-3)25-13-11-21(19-27(25)30)32-16-7-17-32;1-30(2)26-17-20(19-7-5-8-19)11-13-24(26)28(22-9-3-4-10-23(22)29(32)33)25-14-12-21(18-27(25)30)31-15-6-16-31;1-14-8-10-18-20(12-14)23(2,3)21-13-15(33-34(30,31)25(26,27)28)9-11-19(21)24(18)17-7-5-4-6-16(17)22(29)32-24/h4-5,8-13,18-19H,6-7,14-17H2,1-3H3;3-4,9-14,17-19H,5-8,15-16H2,1-2H3;4-13H,1-3H3/q+1;;/p+1. The number of rotatable bonds is 8. The van der Waals surface area contributed by atoms with E-state index in [0.29, 0.717) is 39.3 Å². The van der Waals surface area contributed by atoms with Crippen LogP contribution in [0.5, 0.6) is 5.75 Å². The van der Waals surface area contributed by atoms with Crippen molar-refractivity contribution in [3.05, 3.63) is 293 Å². The summed E-state index contributed by atoms with van der Waals surface area (Å²) in [6.45, 7) is 21.7. The number of esters is 2. The van der Waals surface area contributed by atoms with Crippen molar-refractivity contribution in [2.75, 3.05) is 51.3 Å². The Labute approximate surface area is 587 Å². The highest BCUT2D eigenvalue weighted by Gasteiger charge is 2.56. The SMILES string of the molecule is CC1(C)C2=CC(=[N+]3CCC3)C=CC2=C(c2ccccc2C(=O)O)c2ccc(C3CCC3)cc21.COC(=O)c1ccccc1C1=C2C=CC(=[N+]3CCC3)C=C2C(C)(C)c2cc(N3CCC3)ccc21.Cc1ccc2c(c1)C(C)(C)c1cc(OS(=O)(=O)C(F)(F)F)ccc1C21OC(=O)c2ccccc21. The minimum atomic E-state index is -5.85. The zero-order chi connectivity index (χ0) is 70.9. The molecule has 0 bridgehead atoms. The van der Waals surface area contributed by atoms with Gasteiger partial charge in [-0.3, -0.25) is 0 Å². The number of carbonyl (C=O) groups excluding carboxylic acids is 2. The molecule has 0 aromatic heterocycles. The van der Waals surface area contributed by atoms with Crippen LogP contribution in [0.4, 0.5) is 18.9 Å². The summed E-state index contributed by atoms with van der Waals surface area (Å²) in [5.41, 5.74) is 16.7. The van der Waals surface area contributed by atoms with E-state index < -0.39 is 44.3 Å². The fourth-order valence-electron chi connectivity index (χ4n) is 16.4. The molecule has 4 heterocycles. The van der Waals surface area contributed by atoms with E-state index in [-0.39, 0.29) is 16.8 Å². The molecule has 1 spiro atoms. The largest absolute Gasteiger partial charge is 0.534 e. The first kappa shape index (κ1) is 66.9. The minimum Gasteiger partial charge on any atom is -0.478 e. The molecular formula is C85H80F3N3O9S+2. The Morgan fingerprint density at radius 1 is 0.564 bits per heavy atom. The Morgan fingerprint density at radius 2 is 1.10 bits per heavy atom. The molecule has 7 aromatic carbocycles. The number of nitrogens with zero attached hydrogens (tertiary/aromatic N) is 3. The van der Waals surface area contributed by atoms with Gasteiger partial charge in [-0.25, -0.2) is 23.5 Å². The van der Waals surface area contributed by atoms with Crippen molar-refractivity contribution in [3.63, 3.8) is 0 Å². The molecule has 7 aromatic rings. The highest BCUT2D eigenvalue weighted by atomic mass is 32.2. The number of carbonyl (C=O) groups is 3. The van der Waals surface area contributed by atoms with E-state index in [0.717, 1.165) is 89.9 Å². The lowest BCUT2D eigenvalue weighted by Crippen LogP contribution is -2.41. The zero-order valence-corrected chi connectivity index (χ0v) is 58.8. The summed E-state index contributed by atoms with van der Waals surface area (Å²) in [4.78, 5) is 40.3. The summed E-state index contributed by atoms with van der Waals surface area (Å²) in [7, 11) is -4.40. The molecule has 12 nitrogen and oxygen atoms in total. The van der Waals surface area contributed by atoms with Crippen LogP contribution < -0.4 is 9.08 Å². The molecule has 4 fully saturated rings. The van der Waals surface area contributed by atoms with Crippen LogP contribution in [0.2, 0.25) is 0 Å². The Hall–Kier alpha value is -9.93. The summed E-state index contributed by atoms with van der Waals surface area (Å²) in [5.74, 6) is -1.52. The number of hydrogen-bond donors (Lipinski definition) is 1. The van der Waals surface area contributed by atoms with E-state index in [1.807, 2.05) is 75.4 Å². The third kappa shape index (κ3) is 11.0. The second-order valence-electron chi connectivity index (χ2n) is 29.5. The highest BCUT2D eigenvalue weighted by molar-refractivity contribution is 7.88. The first-order valence-electron chi connectivity index (χ1n) is 34.9. The van der Waals surface area contributed by atoms with Gasteiger partial charge in [-0.1, -0.05) is 157 Å². The molecule has 1 N–H and O–H groups in total. The number of carboxylic acid groups (broad SMARTS) is 1. The van der Waals surface area contributed by atoms with E-state index in [9.17, 15) is 41.1 Å². The molecule has 1 unspecified atom stereocenters. The van der Waals surface area contributed by atoms with Gasteiger partial charge in [-0.15, -0.1) is 0 Å². The van der Waals surface area contributed by atoms with Gasteiger partial charge in [-0.05, 0) is 170 Å². The van der Waals surface area contributed by atoms with Crippen LogP contribution in [-0.2, 0) is 41.4 Å². The molecule has 1 saturated carbocycles. The number of ether oxygens (including phenoxy) is 2. The van der Waals surface area contributed by atoms with Crippen molar-refractivity contribution in [2.45, 2.75) is 120 Å². The Morgan fingerprint density at radius 3 is 1.63 bits per heavy atom. The number of allylic oxidation sites excluding steroid dienone is 10. The Bertz CT molecular complexity index is 5130. The van der Waals surface area contributed by atoms with Gasteiger partial charge in [0, 0.05) is 76.0 Å². The minimum absolute atomic E-state index is 0.157. The van der Waals surface area contributed by atoms with E-state index >= 15 is 0 Å². The van der Waals surface area contributed by atoms with Gasteiger partial charge in [-0.2, -0.15) is 21.6 Å². The first-order valence-corrected chi connectivity index (χ1v) is 36.3. The maximum Gasteiger partial charge on any atom is 0.534 e. The second-order valence-corrected chi connectivity index (χ2v) is 31.1. The Kier molecular flexibility index (Phi) is 16.4. The third-order valence-electron chi connectivity index (χ3n) is 22.6. The van der Waals surface area contributed by atoms with Gasteiger partial charge in [0.2, 0.25) is 0 Å². The van der Waals surface area contributed by atoms with Crippen LogP contribution in [0.3, 0.4) is 0 Å². The van der Waals surface area contributed by atoms with Gasteiger partial charge in [0.05, 0.1) is 36.6 Å². The number of hydrogen-bond acceptors (Lipinski definition) is 9. The maximum absolute atomic E-state index is 12.9. The number of alkyl halides is 3. The van der Waals surface area contributed by atoms with Crippen molar-refractivity contribution in [2.24, 2.45) is 0 Å². The van der Waals surface area contributed by atoms with Gasteiger partial charge in [0.25, 0.3) is 0 Å². The molecule has 514 valence electrons. The second kappa shape index (κ2) is 24.7. The molecule has 4 aliphatic heterocycles. The smallest absolute Gasteiger partial charge is 0.478 e. The average Bonchev–Trinajstić information content (AvgIpc) is 1.64. The summed E-state index contributed by atoms with van der Waals surface area (Å²) in [6.07, 6.45) is 21.3. The third-order valence-corrected chi connectivity index (χ3v) is 23.6. The summed E-state index contributed by atoms with van der Waals surface area (Å²) < 4.78 is 82.6. The molecule has 0 amide bonds. The van der Waals surface area contributed by atoms with Crippen molar-refractivity contribution in [1.29, 1.82) is 0 Å². The highest BCUT2D eigenvalue weighted by Crippen LogP contribution is 2.59. The fraction of sp³-hybridized carbons (Fsp3) is 0.306. The number of aryl methyl sites for hydroxylation is 1. The predicted octanol–water partition coefficient (Wildman–Crippen LogP) is 16.6. The quantitative estimate of drug-likeness (QED) is 0.0676. The fourth-order valence-corrected chi connectivity index (χ4v) is 16.9. The lowest BCUT2D eigenvalue weighted by molar-refractivity contribution is -0.582. The lowest BCUT2D eigenvalue weighted by atomic mass is 9.61. The van der Waals surface area contributed by atoms with E-state index in [1.54, 1.807) is 30.3 Å². The normalized spacial score (nSPS) is 20.5. The molecule has 101 heavy (non-hydrogen) atoms. The van der Waals surface area contributed by atoms with Crippen LogP contribution in [-0.4, -0.2) is 104 Å². The predicted molar refractivity (Wildman–Crippen MR) is 386 cm³/mol. The van der Waals surface area contributed by atoms with E-state index in [1.165, 1.54) is 119 Å². The van der Waals surface area contributed by atoms with Gasteiger partial charge >= 0.3 is 33.5 Å². The molecule has 16 heteroatoms. The number of halogens is 3. The van der Waals surface area contributed by atoms with Crippen LogP contribution in [0.15, 0.2) is 204 Å². The van der Waals surface area contributed by atoms with Gasteiger partial charge < -0.3 is 23.7 Å². The number of anilines is 1. The molecule has 0 radical (unpaired) electrons. The molecular weight excluding hydrogens is 1300 g/mol. The average molecular weight is 1380 g/mol. The molecule has 3 saturated heterocycles. The summed E-state index contributed by atoms with van der Waals surface area (Å²) >= 11 is 0. The van der Waals surface area contributed by atoms with Crippen molar-refractivity contribution in [3.8, 4) is 5.75 Å². The number of methoxy groups -OCH3 is 1. The van der Waals surface area contributed by atoms with Gasteiger partial charge in [0.15, 0.2) is 17.0 Å². The lowest BCUT2D eigenvalue weighted by Gasteiger charge is -2.44. The van der Waals surface area contributed by atoms with E-state index in [2.05, 4.69) is 125 Å². The number of carboxylic acids is 1. The number of fused-ring (bicyclic) bond motifs is 10. The maximum atomic E-state index is 12.9. The molecule has 1 atom stereocenters. The molecule has 6 aliphatic carbocycles. The van der Waals surface area contributed by atoms with E-state index in [4.69, 9.17) is 9.47 Å². The van der Waals surface area contributed by atoms with Crippen LogP contribution in [0.25, 0.3) is 11.1 Å². The number of aromatic carboxylic acids is 1. The van der Waals surface area contributed by atoms with Crippen molar-refractivity contribution >= 4 is 56.3 Å². The monoisotopic (exact) mass is 1380 g/mol. The summed E-state index contributed by atoms with van der Waals surface area (Å²) in [5, 5.41) is 9.99. The topological polar surface area (TPSA) is 143 Å². The van der Waals surface area contributed by atoms with Crippen molar-refractivity contribution in [1.82, 2.24) is 0 Å². The molecule has 17 rings (SSSR count). The molecule has 10 aliphatic rings. The van der Waals surface area contributed by atoms with Crippen LogP contribution in [0.1, 0.15) is 189 Å². The number of benzene rings is 7. The van der Waals surface area contributed by atoms with Crippen LogP contribution >= 0.6 is 0 Å². The van der Waals surface area contributed by atoms with Gasteiger partial charge in [0.1, 0.15) is 31.9 Å². The summed E-state index contributed by atoms with van der Waals surface area (Å²) in [6, 6.07) is 45.7. The zero-order valence-electron chi connectivity index (χ0n) is 58.0. The Balaban J connectivity index is 0.000000123.